The molecule has 156 valence electrons. The highest BCUT2D eigenvalue weighted by atomic mass is 16.7. The molecule has 1 aromatic rings. The molecule has 3 rings (SSSR count). The quantitative estimate of drug-likeness (QED) is 0.464. The third-order valence-corrected chi connectivity index (χ3v) is 7.19. The number of aliphatic carboxylic acids is 1. The molecule has 2 aliphatic carbocycles. The fourth-order valence-corrected chi connectivity index (χ4v) is 5.58. The Balaban J connectivity index is 1.88. The summed E-state index contributed by atoms with van der Waals surface area (Å²) in [6, 6.07) is 9.38. The molecule has 2 aliphatic rings. The zero-order chi connectivity index (χ0) is 20.4. The highest BCUT2D eigenvalue weighted by molar-refractivity contribution is 5.73. The number of carboxylic acids is 1. The van der Waals surface area contributed by atoms with Crippen LogP contribution >= 0.6 is 0 Å². The second-order valence-corrected chi connectivity index (χ2v) is 9.31. The highest BCUT2D eigenvalue weighted by Gasteiger charge is 2.76. The molecule has 0 spiro atoms. The summed E-state index contributed by atoms with van der Waals surface area (Å²) in [5.41, 5.74) is 6.59. The average Bonchev–Trinajstić information content (AvgIpc) is 3.16. The van der Waals surface area contributed by atoms with Crippen molar-refractivity contribution in [3.05, 3.63) is 35.9 Å². The van der Waals surface area contributed by atoms with E-state index >= 15 is 0 Å². The molecular weight excluding hydrogens is 352 g/mol. The number of rotatable bonds is 10. The summed E-state index contributed by atoms with van der Waals surface area (Å²) in [5, 5.41) is 12.0. The SMILES string of the molecule is CC1CCC2C(C)(C)C2(N(OCc2ccccc2)[C@@H](CCCCN)C(=O)O)C1. The molecule has 28 heavy (non-hydrogen) atoms. The summed E-state index contributed by atoms with van der Waals surface area (Å²) in [6.45, 7) is 7.85. The van der Waals surface area contributed by atoms with Crippen LogP contribution in [0.5, 0.6) is 0 Å². The molecule has 0 radical (unpaired) electrons. The van der Waals surface area contributed by atoms with Crippen molar-refractivity contribution in [1.29, 1.82) is 0 Å². The van der Waals surface area contributed by atoms with Gasteiger partial charge in [0.15, 0.2) is 0 Å². The number of nitrogens with two attached hydrogens (primary N) is 1. The molecule has 1 aromatic carbocycles. The Morgan fingerprint density at radius 1 is 1.29 bits per heavy atom. The molecule has 0 aromatic heterocycles. The smallest absolute Gasteiger partial charge is 0.323 e. The first-order chi connectivity index (χ1) is 13.3. The van der Waals surface area contributed by atoms with Gasteiger partial charge in [-0.3, -0.25) is 9.63 Å². The van der Waals surface area contributed by atoms with Crippen molar-refractivity contribution in [1.82, 2.24) is 5.06 Å². The molecule has 0 heterocycles. The Morgan fingerprint density at radius 3 is 2.64 bits per heavy atom. The van der Waals surface area contributed by atoms with E-state index < -0.39 is 12.0 Å². The Bertz CT molecular complexity index is 663. The van der Waals surface area contributed by atoms with Gasteiger partial charge in [-0.05, 0) is 61.5 Å². The molecule has 4 atom stereocenters. The third kappa shape index (κ3) is 3.85. The van der Waals surface area contributed by atoms with Gasteiger partial charge in [-0.25, -0.2) is 0 Å². The van der Waals surface area contributed by atoms with Gasteiger partial charge in [-0.1, -0.05) is 57.5 Å². The minimum absolute atomic E-state index is 0.0655. The second-order valence-electron chi connectivity index (χ2n) is 9.31. The lowest BCUT2D eigenvalue weighted by molar-refractivity contribution is -0.249. The van der Waals surface area contributed by atoms with Gasteiger partial charge in [0.05, 0.1) is 12.1 Å². The summed E-state index contributed by atoms with van der Waals surface area (Å²) in [5.74, 6) is 0.279. The Labute approximate surface area is 169 Å². The Kier molecular flexibility index (Phi) is 6.47. The van der Waals surface area contributed by atoms with Crippen molar-refractivity contribution in [2.75, 3.05) is 6.54 Å². The topological polar surface area (TPSA) is 75.8 Å². The van der Waals surface area contributed by atoms with Crippen molar-refractivity contribution >= 4 is 5.97 Å². The molecule has 2 fully saturated rings. The molecule has 5 nitrogen and oxygen atoms in total. The predicted molar refractivity (Wildman–Crippen MR) is 110 cm³/mol. The lowest BCUT2D eigenvalue weighted by Crippen LogP contribution is -2.52. The van der Waals surface area contributed by atoms with Crippen LogP contribution in [0.25, 0.3) is 0 Å². The second kappa shape index (κ2) is 8.52. The number of benzene rings is 1. The zero-order valence-electron chi connectivity index (χ0n) is 17.6. The molecule has 3 unspecified atom stereocenters. The molecule has 0 saturated heterocycles. The van der Waals surface area contributed by atoms with Gasteiger partial charge >= 0.3 is 5.97 Å². The van der Waals surface area contributed by atoms with Gasteiger partial charge in [0.2, 0.25) is 0 Å². The minimum Gasteiger partial charge on any atom is -0.480 e. The van der Waals surface area contributed by atoms with Gasteiger partial charge in [0.25, 0.3) is 0 Å². The molecule has 5 heteroatoms. The average molecular weight is 389 g/mol. The summed E-state index contributed by atoms with van der Waals surface area (Å²) in [7, 11) is 0. The molecule has 0 aliphatic heterocycles. The summed E-state index contributed by atoms with van der Waals surface area (Å²) >= 11 is 0. The van der Waals surface area contributed by atoms with Crippen LogP contribution in [0.1, 0.15) is 64.9 Å². The molecule has 0 bridgehead atoms. The molecule has 2 saturated carbocycles. The van der Waals surface area contributed by atoms with E-state index in [9.17, 15) is 9.90 Å². The van der Waals surface area contributed by atoms with Gasteiger partial charge < -0.3 is 10.8 Å². The monoisotopic (exact) mass is 388 g/mol. The van der Waals surface area contributed by atoms with E-state index in [0.29, 0.717) is 31.4 Å². The molecule has 0 amide bonds. The van der Waals surface area contributed by atoms with Crippen LogP contribution in [-0.4, -0.2) is 34.3 Å². The van der Waals surface area contributed by atoms with Crippen LogP contribution in [-0.2, 0) is 16.2 Å². The molecular formula is C23H36N2O3. The van der Waals surface area contributed by atoms with Gasteiger partial charge in [0, 0.05) is 0 Å². The van der Waals surface area contributed by atoms with Crippen molar-refractivity contribution < 1.29 is 14.7 Å². The van der Waals surface area contributed by atoms with Crippen LogP contribution in [0.15, 0.2) is 30.3 Å². The number of hydrogen-bond acceptors (Lipinski definition) is 4. The number of unbranched alkanes of at least 4 members (excludes halogenated alkanes) is 1. The molecule has 3 N–H and O–H groups in total. The summed E-state index contributed by atoms with van der Waals surface area (Å²) in [4.78, 5) is 18.7. The standard InChI is InChI=1S/C23H36N2O3/c1-17-12-13-20-22(2,3)23(20,15-17)25(19(21(26)27)11-7-8-14-24)28-16-18-9-5-4-6-10-18/h4-6,9-10,17,19-20H,7-8,11-16,24H2,1-3H3,(H,26,27)/t17?,19-,20?,23?/m0/s1. The van der Waals surface area contributed by atoms with Crippen molar-refractivity contribution in [2.45, 2.75) is 77.5 Å². The number of hydroxylamine groups is 2. The van der Waals surface area contributed by atoms with Crippen LogP contribution in [0.3, 0.4) is 0 Å². The maximum Gasteiger partial charge on any atom is 0.323 e. The number of carbonyl (C=O) groups is 1. The van der Waals surface area contributed by atoms with Crippen LogP contribution < -0.4 is 5.73 Å². The highest BCUT2D eigenvalue weighted by Crippen LogP contribution is 2.72. The van der Waals surface area contributed by atoms with E-state index in [4.69, 9.17) is 10.6 Å². The van der Waals surface area contributed by atoms with E-state index in [-0.39, 0.29) is 11.0 Å². The van der Waals surface area contributed by atoms with E-state index in [1.807, 2.05) is 35.4 Å². The van der Waals surface area contributed by atoms with Crippen LogP contribution in [0.4, 0.5) is 0 Å². The van der Waals surface area contributed by atoms with E-state index in [2.05, 4.69) is 20.8 Å². The first kappa shape index (κ1) is 21.3. The summed E-state index contributed by atoms with van der Waals surface area (Å²) in [6.07, 6.45) is 5.57. The lowest BCUT2D eigenvalue weighted by Gasteiger charge is -2.41. The minimum atomic E-state index is -0.792. The number of hydrogen-bond donors (Lipinski definition) is 2. The normalized spacial score (nSPS) is 29.3. The van der Waals surface area contributed by atoms with Gasteiger partial charge in [-0.15, -0.1) is 0 Å². The zero-order valence-corrected chi connectivity index (χ0v) is 17.6. The fraction of sp³-hybridized carbons (Fsp3) is 0.696. The van der Waals surface area contributed by atoms with Crippen molar-refractivity contribution in [3.8, 4) is 0 Å². The van der Waals surface area contributed by atoms with E-state index in [1.54, 1.807) is 0 Å². The first-order valence-corrected chi connectivity index (χ1v) is 10.7. The predicted octanol–water partition coefficient (Wildman–Crippen LogP) is 4.22. The number of carboxylic acid groups (broad SMARTS) is 1. The van der Waals surface area contributed by atoms with Crippen molar-refractivity contribution in [2.24, 2.45) is 23.0 Å². The Hall–Kier alpha value is -1.43. The lowest BCUT2D eigenvalue weighted by atomic mass is 9.85. The fourth-order valence-electron chi connectivity index (χ4n) is 5.58. The van der Waals surface area contributed by atoms with Crippen molar-refractivity contribution in [3.63, 3.8) is 0 Å². The van der Waals surface area contributed by atoms with E-state index in [1.165, 1.54) is 6.42 Å². The van der Waals surface area contributed by atoms with E-state index in [0.717, 1.165) is 31.2 Å². The van der Waals surface area contributed by atoms with Gasteiger partial charge in [-0.2, -0.15) is 5.06 Å². The summed E-state index contributed by atoms with van der Waals surface area (Å²) < 4.78 is 0. The third-order valence-electron chi connectivity index (χ3n) is 7.19. The number of nitrogens with zero attached hydrogens (tertiary/aromatic N) is 1. The maximum atomic E-state index is 12.3. The van der Waals surface area contributed by atoms with Crippen LogP contribution in [0, 0.1) is 17.3 Å². The Morgan fingerprint density at radius 2 is 2.00 bits per heavy atom. The first-order valence-electron chi connectivity index (χ1n) is 10.7. The van der Waals surface area contributed by atoms with Crippen LogP contribution in [0.2, 0.25) is 0 Å². The largest absolute Gasteiger partial charge is 0.480 e. The number of fused-ring (bicyclic) bond motifs is 1. The maximum absolute atomic E-state index is 12.3. The van der Waals surface area contributed by atoms with Gasteiger partial charge in [0.1, 0.15) is 6.04 Å².